The quantitative estimate of drug-likeness (QED) is 0.478. The Labute approximate surface area is 166 Å². The van der Waals surface area contributed by atoms with Crippen molar-refractivity contribution in [2.75, 3.05) is 39.3 Å². The minimum absolute atomic E-state index is 0.496. The van der Waals surface area contributed by atoms with Crippen LogP contribution in [0.3, 0.4) is 0 Å². The van der Waals surface area contributed by atoms with Crippen LogP contribution in [0.15, 0.2) is 52.1 Å². The second-order valence-electron chi connectivity index (χ2n) is 6.88. The van der Waals surface area contributed by atoms with Crippen LogP contribution in [0.25, 0.3) is 0 Å². The summed E-state index contributed by atoms with van der Waals surface area (Å²) in [5, 5.41) is 0.496. The normalized spacial score (nSPS) is 27.1. The van der Waals surface area contributed by atoms with Gasteiger partial charge in [-0.15, -0.1) is 11.8 Å². The molecule has 26 heavy (non-hydrogen) atoms. The maximum Gasteiger partial charge on any atom is 0.0913 e. The van der Waals surface area contributed by atoms with E-state index in [1.165, 1.54) is 4.91 Å². The molecule has 4 nitrogen and oxygen atoms in total. The van der Waals surface area contributed by atoms with E-state index in [0.29, 0.717) is 17.8 Å². The summed E-state index contributed by atoms with van der Waals surface area (Å²) >= 11 is 7.24. The Morgan fingerprint density at radius 1 is 1.19 bits per heavy atom. The molecule has 1 aliphatic heterocycles. The smallest absolute Gasteiger partial charge is 0.0913 e. The number of piperazine rings is 1. The average Bonchev–Trinajstić information content (AvgIpc) is 2.68. The lowest BCUT2D eigenvalue weighted by molar-refractivity contribution is 0.160. The van der Waals surface area contributed by atoms with Crippen LogP contribution in [0.1, 0.15) is 19.8 Å². The lowest BCUT2D eigenvalue weighted by Gasteiger charge is -2.33. The Hall–Kier alpha value is -1.01. The molecular formula is C20H28ClN3OS. The topological polar surface area (TPSA) is 28.1 Å². The molecule has 2 aliphatic carbocycles. The number of halogens is 1. The first-order valence-electron chi connectivity index (χ1n) is 9.43. The molecule has 0 spiro atoms. The van der Waals surface area contributed by atoms with Gasteiger partial charge in [0.2, 0.25) is 0 Å². The Bertz CT molecular complexity index is 606. The van der Waals surface area contributed by atoms with Gasteiger partial charge in [-0.1, -0.05) is 43.4 Å². The maximum atomic E-state index is 5.30. The van der Waals surface area contributed by atoms with E-state index in [1.807, 2.05) is 18.1 Å². The lowest BCUT2D eigenvalue weighted by atomic mass is 10.0. The molecule has 1 fully saturated rings. The number of allylic oxidation sites excluding steroid dienone is 5. The van der Waals surface area contributed by atoms with E-state index < -0.39 is 0 Å². The molecule has 2 atom stereocenters. The Morgan fingerprint density at radius 2 is 1.96 bits per heavy atom. The van der Waals surface area contributed by atoms with Gasteiger partial charge in [0.15, 0.2) is 0 Å². The van der Waals surface area contributed by atoms with Gasteiger partial charge in [-0.3, -0.25) is 9.19 Å². The van der Waals surface area contributed by atoms with E-state index in [2.05, 4.69) is 57.5 Å². The molecule has 6 heteroatoms. The molecule has 0 aromatic heterocycles. The molecule has 0 saturated carbocycles. The minimum Gasteiger partial charge on any atom is -0.360 e. The van der Waals surface area contributed by atoms with Gasteiger partial charge < -0.3 is 4.90 Å². The molecule has 0 aromatic carbocycles. The third-order valence-corrected chi connectivity index (χ3v) is 6.59. The molecule has 2 unspecified atom stereocenters. The standard InChI is InChI=1S/C20H28ClN3OS/c1-17-6-2-4-8-19(17)26-20-9-5-3-7-18(20)22-16-24-12-10-23(11-13-24)14-15-25-21/h2,4,6-9,16-17,19H,3,5,10-15H2,1H3/b22-16+. The van der Waals surface area contributed by atoms with Gasteiger partial charge in [0, 0.05) is 42.9 Å². The summed E-state index contributed by atoms with van der Waals surface area (Å²) in [5.41, 5.74) is 1.13. The van der Waals surface area contributed by atoms with Gasteiger partial charge in [-0.2, -0.15) is 0 Å². The van der Waals surface area contributed by atoms with Crippen molar-refractivity contribution in [1.82, 2.24) is 9.80 Å². The summed E-state index contributed by atoms with van der Waals surface area (Å²) in [6.45, 7) is 7.81. The average molecular weight is 394 g/mol. The summed E-state index contributed by atoms with van der Waals surface area (Å²) in [6, 6.07) is 0. The monoisotopic (exact) mass is 393 g/mol. The van der Waals surface area contributed by atoms with Gasteiger partial charge >= 0.3 is 0 Å². The first kappa shape index (κ1) is 19.7. The highest BCUT2D eigenvalue weighted by molar-refractivity contribution is 8.04. The number of nitrogens with zero attached hydrogens (tertiary/aromatic N) is 3. The molecule has 3 aliphatic rings. The minimum atomic E-state index is 0.496. The van der Waals surface area contributed by atoms with Gasteiger partial charge in [-0.25, -0.2) is 4.99 Å². The molecule has 1 heterocycles. The van der Waals surface area contributed by atoms with Crippen molar-refractivity contribution in [3.05, 3.63) is 47.1 Å². The molecule has 0 radical (unpaired) electrons. The third kappa shape index (κ3) is 5.74. The van der Waals surface area contributed by atoms with Crippen molar-refractivity contribution in [2.24, 2.45) is 10.9 Å². The SMILES string of the molecule is CC1C=CC=CC1SC1=CCCC=C1/N=C/N1CCN(CCOCl)CC1. The third-order valence-electron chi connectivity index (χ3n) is 4.95. The van der Waals surface area contributed by atoms with Gasteiger partial charge in [0.1, 0.15) is 0 Å². The van der Waals surface area contributed by atoms with E-state index in [4.69, 9.17) is 16.9 Å². The largest absolute Gasteiger partial charge is 0.360 e. The zero-order valence-corrected chi connectivity index (χ0v) is 17.0. The van der Waals surface area contributed by atoms with E-state index in [0.717, 1.165) is 51.3 Å². The van der Waals surface area contributed by atoms with Crippen LogP contribution in [0.2, 0.25) is 0 Å². The van der Waals surface area contributed by atoms with Crippen LogP contribution in [0.5, 0.6) is 0 Å². The van der Waals surface area contributed by atoms with Crippen LogP contribution in [0.4, 0.5) is 0 Å². The molecule has 3 rings (SSSR count). The summed E-state index contributed by atoms with van der Waals surface area (Å²) in [4.78, 5) is 10.8. The Balaban J connectivity index is 1.52. The highest BCUT2D eigenvalue weighted by atomic mass is 35.5. The Kier molecular flexibility index (Phi) is 7.86. The summed E-state index contributed by atoms with van der Waals surface area (Å²) in [6.07, 6.45) is 17.7. The van der Waals surface area contributed by atoms with E-state index >= 15 is 0 Å². The zero-order valence-electron chi connectivity index (χ0n) is 15.4. The van der Waals surface area contributed by atoms with Gasteiger partial charge in [-0.05, 0) is 18.8 Å². The number of thioether (sulfide) groups is 1. The van der Waals surface area contributed by atoms with Crippen LogP contribution < -0.4 is 0 Å². The number of hydrogen-bond acceptors (Lipinski definition) is 4. The summed E-state index contributed by atoms with van der Waals surface area (Å²) < 4.78 is 4.65. The molecule has 0 bridgehead atoms. The predicted octanol–water partition coefficient (Wildman–Crippen LogP) is 4.23. The predicted molar refractivity (Wildman–Crippen MR) is 113 cm³/mol. The maximum absolute atomic E-state index is 5.30. The van der Waals surface area contributed by atoms with Gasteiger partial charge in [0.25, 0.3) is 0 Å². The molecule has 1 saturated heterocycles. The van der Waals surface area contributed by atoms with Crippen molar-refractivity contribution in [3.8, 4) is 0 Å². The van der Waals surface area contributed by atoms with Crippen molar-refractivity contribution in [1.29, 1.82) is 0 Å². The first-order valence-corrected chi connectivity index (χ1v) is 10.6. The molecule has 0 aromatic rings. The van der Waals surface area contributed by atoms with Crippen molar-refractivity contribution >= 4 is 30.0 Å². The fourth-order valence-corrected chi connectivity index (χ4v) is 4.57. The molecule has 142 valence electrons. The van der Waals surface area contributed by atoms with E-state index in [1.54, 1.807) is 0 Å². The van der Waals surface area contributed by atoms with Crippen LogP contribution >= 0.6 is 23.6 Å². The van der Waals surface area contributed by atoms with E-state index in [9.17, 15) is 0 Å². The number of rotatable bonds is 7. The summed E-state index contributed by atoms with van der Waals surface area (Å²) in [5.74, 6) is 0.558. The fraction of sp³-hybridized carbons (Fsp3) is 0.550. The van der Waals surface area contributed by atoms with Crippen molar-refractivity contribution < 1.29 is 4.29 Å². The highest BCUT2D eigenvalue weighted by Gasteiger charge is 2.20. The molecular weight excluding hydrogens is 366 g/mol. The summed E-state index contributed by atoms with van der Waals surface area (Å²) in [7, 11) is 0. The Morgan fingerprint density at radius 3 is 2.73 bits per heavy atom. The van der Waals surface area contributed by atoms with Crippen molar-refractivity contribution in [2.45, 2.75) is 25.0 Å². The second-order valence-corrected chi connectivity index (χ2v) is 8.32. The van der Waals surface area contributed by atoms with E-state index in [-0.39, 0.29) is 0 Å². The second kappa shape index (κ2) is 10.4. The van der Waals surface area contributed by atoms with Crippen LogP contribution in [-0.4, -0.2) is 60.7 Å². The molecule has 0 N–H and O–H groups in total. The highest BCUT2D eigenvalue weighted by Crippen LogP contribution is 2.37. The van der Waals surface area contributed by atoms with Gasteiger partial charge in [0.05, 0.1) is 30.5 Å². The van der Waals surface area contributed by atoms with Crippen LogP contribution in [0, 0.1) is 5.92 Å². The number of hydrogen-bond donors (Lipinski definition) is 0. The molecule has 0 amide bonds. The first-order chi connectivity index (χ1) is 12.8. The zero-order chi connectivity index (χ0) is 18.2. The van der Waals surface area contributed by atoms with Crippen LogP contribution in [-0.2, 0) is 4.29 Å². The lowest BCUT2D eigenvalue weighted by Crippen LogP contribution is -2.46. The number of aliphatic imine (C=N–C) groups is 1. The van der Waals surface area contributed by atoms with Crippen molar-refractivity contribution in [3.63, 3.8) is 0 Å². The fourth-order valence-electron chi connectivity index (χ4n) is 3.27.